The lowest BCUT2D eigenvalue weighted by Crippen LogP contribution is -2.01. The average Bonchev–Trinajstić information content (AvgIpc) is 2.77. The van der Waals surface area contributed by atoms with E-state index in [2.05, 4.69) is 5.10 Å². The van der Waals surface area contributed by atoms with Crippen LogP contribution in [0.5, 0.6) is 0 Å². The van der Waals surface area contributed by atoms with E-state index < -0.39 is 6.10 Å². The number of nitrogens with two attached hydrogens (primary N) is 1. The van der Waals surface area contributed by atoms with Crippen LogP contribution in [0.2, 0.25) is 0 Å². The van der Waals surface area contributed by atoms with Gasteiger partial charge in [-0.05, 0) is 30.2 Å². The van der Waals surface area contributed by atoms with Gasteiger partial charge in [0, 0.05) is 24.8 Å². The van der Waals surface area contributed by atoms with Gasteiger partial charge < -0.3 is 10.8 Å². The number of anilines is 1. The molecule has 4 heteroatoms. The molecular formula is C13H17N3O. The lowest BCUT2D eigenvalue weighted by Gasteiger charge is -2.09. The first-order valence-corrected chi connectivity index (χ1v) is 5.74. The van der Waals surface area contributed by atoms with Crippen LogP contribution in [0.4, 0.5) is 5.69 Å². The van der Waals surface area contributed by atoms with Crippen LogP contribution in [0.25, 0.3) is 0 Å². The lowest BCUT2D eigenvalue weighted by atomic mass is 10.0. The summed E-state index contributed by atoms with van der Waals surface area (Å²) < 4.78 is 1.85. The first-order chi connectivity index (χ1) is 8.19. The fraction of sp³-hybridized carbons (Fsp3) is 0.308. The summed E-state index contributed by atoms with van der Waals surface area (Å²) in [6, 6.07) is 7.30. The third-order valence-corrected chi connectivity index (χ3v) is 2.76. The Hall–Kier alpha value is -1.81. The van der Waals surface area contributed by atoms with E-state index >= 15 is 0 Å². The Bertz CT molecular complexity index is 476. The average molecular weight is 231 g/mol. The number of aromatic nitrogens is 2. The molecule has 2 aromatic rings. The highest BCUT2D eigenvalue weighted by Gasteiger charge is 2.09. The van der Waals surface area contributed by atoms with Crippen molar-refractivity contribution >= 4 is 5.69 Å². The number of aliphatic hydroxyl groups excluding tert-OH is 1. The van der Waals surface area contributed by atoms with E-state index in [9.17, 15) is 5.11 Å². The van der Waals surface area contributed by atoms with Crippen LogP contribution in [0.3, 0.4) is 0 Å². The first kappa shape index (κ1) is 11.7. The van der Waals surface area contributed by atoms with Gasteiger partial charge in [-0.3, -0.25) is 4.68 Å². The Kier molecular flexibility index (Phi) is 3.44. The summed E-state index contributed by atoms with van der Waals surface area (Å²) in [5, 5.41) is 14.3. The number of aryl methyl sites for hydroxylation is 1. The molecule has 0 saturated carbocycles. The van der Waals surface area contributed by atoms with Gasteiger partial charge in [0.2, 0.25) is 0 Å². The summed E-state index contributed by atoms with van der Waals surface area (Å²) in [5.74, 6) is 0. The summed E-state index contributed by atoms with van der Waals surface area (Å²) in [5.41, 5.74) is 8.23. The Morgan fingerprint density at radius 2 is 2.06 bits per heavy atom. The van der Waals surface area contributed by atoms with Gasteiger partial charge >= 0.3 is 0 Å². The lowest BCUT2D eigenvalue weighted by molar-refractivity contribution is 0.178. The molecule has 1 heterocycles. The van der Waals surface area contributed by atoms with Crippen LogP contribution in [-0.4, -0.2) is 14.9 Å². The molecule has 0 aliphatic carbocycles. The zero-order valence-electron chi connectivity index (χ0n) is 9.87. The smallest absolute Gasteiger partial charge is 0.0831 e. The predicted octanol–water partition coefficient (Wildman–Crippen LogP) is 1.76. The van der Waals surface area contributed by atoms with Gasteiger partial charge in [-0.1, -0.05) is 12.1 Å². The van der Waals surface area contributed by atoms with Gasteiger partial charge in [0.15, 0.2) is 0 Å². The summed E-state index contributed by atoms with van der Waals surface area (Å²) in [4.78, 5) is 0. The van der Waals surface area contributed by atoms with Crippen molar-refractivity contribution in [2.24, 2.45) is 0 Å². The number of hydrogen-bond donors (Lipinski definition) is 2. The number of benzene rings is 1. The molecule has 1 aromatic carbocycles. The van der Waals surface area contributed by atoms with E-state index in [0.29, 0.717) is 12.1 Å². The predicted molar refractivity (Wildman–Crippen MR) is 67.4 cm³/mol. The maximum absolute atomic E-state index is 10.1. The maximum Gasteiger partial charge on any atom is 0.0831 e. The van der Waals surface area contributed by atoms with Crippen molar-refractivity contribution in [2.45, 2.75) is 26.0 Å². The molecule has 1 aromatic heterocycles. The van der Waals surface area contributed by atoms with E-state index in [1.54, 1.807) is 18.3 Å². The summed E-state index contributed by atoms with van der Waals surface area (Å²) in [7, 11) is 0. The summed E-state index contributed by atoms with van der Waals surface area (Å²) in [6.45, 7) is 2.88. The molecule has 0 saturated heterocycles. The Balaban J connectivity index is 2.05. The number of nitrogens with zero attached hydrogens (tertiary/aromatic N) is 2. The topological polar surface area (TPSA) is 64.1 Å². The highest BCUT2D eigenvalue weighted by molar-refractivity contribution is 5.40. The van der Waals surface area contributed by atoms with Gasteiger partial charge in [0.1, 0.15) is 0 Å². The van der Waals surface area contributed by atoms with E-state index in [1.165, 1.54) is 0 Å². The molecule has 17 heavy (non-hydrogen) atoms. The van der Waals surface area contributed by atoms with Crippen molar-refractivity contribution in [3.8, 4) is 0 Å². The van der Waals surface area contributed by atoms with E-state index in [4.69, 9.17) is 5.73 Å². The Morgan fingerprint density at radius 1 is 1.35 bits per heavy atom. The second kappa shape index (κ2) is 5.01. The Morgan fingerprint density at radius 3 is 2.65 bits per heavy atom. The number of rotatable bonds is 4. The molecule has 0 fully saturated rings. The van der Waals surface area contributed by atoms with Crippen molar-refractivity contribution in [1.82, 2.24) is 9.78 Å². The summed E-state index contributed by atoms with van der Waals surface area (Å²) in [6.07, 6.45) is 3.82. The molecule has 0 aliphatic heterocycles. The quantitative estimate of drug-likeness (QED) is 0.788. The second-order valence-electron chi connectivity index (χ2n) is 4.09. The van der Waals surface area contributed by atoms with Crippen LogP contribution in [-0.2, 0) is 13.0 Å². The minimum absolute atomic E-state index is 0.509. The van der Waals surface area contributed by atoms with Crippen LogP contribution >= 0.6 is 0 Å². The van der Waals surface area contributed by atoms with Crippen LogP contribution < -0.4 is 5.73 Å². The largest absolute Gasteiger partial charge is 0.399 e. The molecule has 90 valence electrons. The molecule has 3 N–H and O–H groups in total. The van der Waals surface area contributed by atoms with Gasteiger partial charge in [-0.25, -0.2) is 0 Å². The highest BCUT2D eigenvalue weighted by atomic mass is 16.3. The fourth-order valence-electron chi connectivity index (χ4n) is 1.74. The monoisotopic (exact) mass is 231 g/mol. The van der Waals surface area contributed by atoms with Crippen LogP contribution in [0.15, 0.2) is 36.7 Å². The third-order valence-electron chi connectivity index (χ3n) is 2.76. The first-order valence-electron chi connectivity index (χ1n) is 5.74. The molecule has 0 aliphatic rings. The van der Waals surface area contributed by atoms with Crippen molar-refractivity contribution < 1.29 is 5.11 Å². The van der Waals surface area contributed by atoms with Crippen LogP contribution in [0, 0.1) is 0 Å². The minimum Gasteiger partial charge on any atom is -0.399 e. The molecule has 0 radical (unpaired) electrons. The molecule has 0 amide bonds. The molecule has 1 unspecified atom stereocenters. The number of nitrogen functional groups attached to an aromatic ring is 1. The molecule has 2 rings (SSSR count). The second-order valence-corrected chi connectivity index (χ2v) is 4.09. The standard InChI is InChI=1S/C13H17N3O/c1-2-16-9-10(8-15-16)7-13(17)11-3-5-12(14)6-4-11/h3-6,8-9,13,17H,2,7,14H2,1H3. The zero-order valence-corrected chi connectivity index (χ0v) is 9.87. The molecule has 1 atom stereocenters. The van der Waals surface area contributed by atoms with Crippen molar-refractivity contribution in [1.29, 1.82) is 0 Å². The zero-order chi connectivity index (χ0) is 12.3. The normalized spacial score (nSPS) is 12.6. The molecular weight excluding hydrogens is 214 g/mol. The number of aliphatic hydroxyl groups is 1. The van der Waals surface area contributed by atoms with Gasteiger partial charge in [0.25, 0.3) is 0 Å². The van der Waals surface area contributed by atoms with Crippen molar-refractivity contribution in [2.75, 3.05) is 5.73 Å². The van der Waals surface area contributed by atoms with E-state index in [1.807, 2.05) is 29.9 Å². The van der Waals surface area contributed by atoms with Crippen molar-refractivity contribution in [3.63, 3.8) is 0 Å². The minimum atomic E-state index is -0.509. The summed E-state index contributed by atoms with van der Waals surface area (Å²) >= 11 is 0. The van der Waals surface area contributed by atoms with E-state index in [-0.39, 0.29) is 0 Å². The molecule has 4 nitrogen and oxygen atoms in total. The SMILES string of the molecule is CCn1cc(CC(O)c2ccc(N)cc2)cn1. The molecule has 0 spiro atoms. The number of hydrogen-bond acceptors (Lipinski definition) is 3. The van der Waals surface area contributed by atoms with Crippen LogP contribution in [0.1, 0.15) is 24.2 Å². The third kappa shape index (κ3) is 2.85. The fourth-order valence-corrected chi connectivity index (χ4v) is 1.74. The van der Waals surface area contributed by atoms with Gasteiger partial charge in [-0.2, -0.15) is 5.10 Å². The van der Waals surface area contributed by atoms with Crippen molar-refractivity contribution in [3.05, 3.63) is 47.8 Å². The Labute approximate surface area is 101 Å². The van der Waals surface area contributed by atoms with Gasteiger partial charge in [0.05, 0.1) is 12.3 Å². The highest BCUT2D eigenvalue weighted by Crippen LogP contribution is 2.19. The van der Waals surface area contributed by atoms with Gasteiger partial charge in [-0.15, -0.1) is 0 Å². The molecule has 0 bridgehead atoms. The maximum atomic E-state index is 10.1. The van der Waals surface area contributed by atoms with E-state index in [0.717, 1.165) is 17.7 Å².